The van der Waals surface area contributed by atoms with Crippen LogP contribution in [-0.4, -0.2) is 39.6 Å². The first-order valence-electron chi connectivity index (χ1n) is 5.32. The van der Waals surface area contributed by atoms with Gasteiger partial charge in [-0.25, -0.2) is 9.78 Å². The van der Waals surface area contributed by atoms with Gasteiger partial charge in [0.2, 0.25) is 5.91 Å². The van der Waals surface area contributed by atoms with E-state index < -0.39 is 23.8 Å². The third kappa shape index (κ3) is 2.65. The van der Waals surface area contributed by atoms with Gasteiger partial charge in [0, 0.05) is 13.0 Å². The minimum atomic E-state index is -1.20. The number of carboxylic acid groups (broad SMARTS) is 2. The van der Waals surface area contributed by atoms with Crippen LogP contribution in [0.25, 0.3) is 0 Å². The average molecular weight is 285 g/mol. The van der Waals surface area contributed by atoms with E-state index in [1.54, 1.807) is 0 Å². The first-order chi connectivity index (χ1) is 8.88. The molecule has 1 fully saturated rings. The summed E-state index contributed by atoms with van der Waals surface area (Å²) in [6.07, 6.45) is -0.133. The molecule has 1 saturated heterocycles. The lowest BCUT2D eigenvalue weighted by molar-refractivity contribution is -0.141. The zero-order chi connectivity index (χ0) is 14.2. The summed E-state index contributed by atoms with van der Waals surface area (Å²) in [4.78, 5) is 38.4. The van der Waals surface area contributed by atoms with Crippen molar-refractivity contribution in [2.75, 3.05) is 11.4 Å². The van der Waals surface area contributed by atoms with Crippen molar-refractivity contribution >= 4 is 35.3 Å². The maximum absolute atomic E-state index is 11.7. The molecule has 1 aromatic heterocycles. The molecule has 1 amide bonds. The second-order valence-electron chi connectivity index (χ2n) is 4.09. The zero-order valence-electron chi connectivity index (χ0n) is 9.54. The number of nitrogens with zero attached hydrogens (tertiary/aromatic N) is 2. The first kappa shape index (κ1) is 13.3. The van der Waals surface area contributed by atoms with Gasteiger partial charge in [-0.05, 0) is 12.1 Å². The molecule has 2 N–H and O–H groups in total. The van der Waals surface area contributed by atoms with Crippen LogP contribution in [0.1, 0.15) is 16.8 Å². The standard InChI is InChI=1S/C11H9ClN2O5/c12-7-1-5(10(16)17)2-8(13-7)14-4-6(11(18)19)3-9(14)15/h1-2,6H,3-4H2,(H,16,17)(H,18,19). The van der Waals surface area contributed by atoms with Crippen molar-refractivity contribution in [2.24, 2.45) is 5.92 Å². The fourth-order valence-corrected chi connectivity index (χ4v) is 2.04. The fraction of sp³-hybridized carbons (Fsp3) is 0.273. The molecule has 8 heteroatoms. The lowest BCUT2D eigenvalue weighted by atomic mass is 10.1. The van der Waals surface area contributed by atoms with Gasteiger partial charge < -0.3 is 10.2 Å². The molecule has 2 rings (SSSR count). The lowest BCUT2D eigenvalue weighted by Gasteiger charge is -2.15. The predicted octanol–water partition coefficient (Wildman–Crippen LogP) is 0.871. The van der Waals surface area contributed by atoms with Crippen LogP contribution < -0.4 is 4.90 Å². The summed E-state index contributed by atoms with van der Waals surface area (Å²) in [6.45, 7) is -0.0411. The summed E-state index contributed by atoms with van der Waals surface area (Å²) in [5.74, 6) is -3.46. The molecule has 2 heterocycles. The van der Waals surface area contributed by atoms with E-state index in [1.807, 2.05) is 0 Å². The molecule has 0 radical (unpaired) electrons. The third-order valence-electron chi connectivity index (χ3n) is 2.78. The summed E-state index contributed by atoms with van der Waals surface area (Å²) in [5, 5.41) is 17.7. The number of carbonyl (C=O) groups excluding carboxylic acids is 1. The molecule has 0 bridgehead atoms. The largest absolute Gasteiger partial charge is 0.481 e. The number of amides is 1. The molecule has 1 aliphatic heterocycles. The van der Waals surface area contributed by atoms with Crippen molar-refractivity contribution in [3.8, 4) is 0 Å². The minimum absolute atomic E-state index is 0.0411. The van der Waals surface area contributed by atoms with Crippen molar-refractivity contribution < 1.29 is 24.6 Å². The van der Waals surface area contributed by atoms with E-state index in [-0.39, 0.29) is 29.5 Å². The minimum Gasteiger partial charge on any atom is -0.481 e. The Kier molecular flexibility index (Phi) is 3.39. The zero-order valence-corrected chi connectivity index (χ0v) is 10.3. The molecule has 0 spiro atoms. The maximum Gasteiger partial charge on any atom is 0.335 e. The molecular formula is C11H9ClN2O5. The van der Waals surface area contributed by atoms with Crippen LogP contribution in [0.5, 0.6) is 0 Å². The Labute approximate surface area is 112 Å². The van der Waals surface area contributed by atoms with Crippen LogP contribution in [0.15, 0.2) is 12.1 Å². The third-order valence-corrected chi connectivity index (χ3v) is 2.97. The average Bonchev–Trinajstić information content (AvgIpc) is 2.70. The van der Waals surface area contributed by atoms with Gasteiger partial charge in [0.1, 0.15) is 11.0 Å². The fourth-order valence-electron chi connectivity index (χ4n) is 1.84. The topological polar surface area (TPSA) is 108 Å². The number of halogens is 1. The molecule has 1 unspecified atom stereocenters. The van der Waals surface area contributed by atoms with E-state index in [4.69, 9.17) is 21.8 Å². The summed E-state index contributed by atoms with van der Waals surface area (Å²) in [6, 6.07) is 2.35. The first-order valence-corrected chi connectivity index (χ1v) is 5.70. The van der Waals surface area contributed by atoms with Crippen molar-refractivity contribution in [3.05, 3.63) is 22.8 Å². The van der Waals surface area contributed by atoms with E-state index in [1.165, 1.54) is 6.07 Å². The number of carboxylic acids is 2. The van der Waals surface area contributed by atoms with Gasteiger partial charge in [0.05, 0.1) is 11.5 Å². The summed E-state index contributed by atoms with van der Waals surface area (Å²) >= 11 is 5.69. The predicted molar refractivity (Wildman–Crippen MR) is 64.3 cm³/mol. The van der Waals surface area contributed by atoms with Crippen LogP contribution in [0.3, 0.4) is 0 Å². The highest BCUT2D eigenvalue weighted by molar-refractivity contribution is 6.30. The summed E-state index contributed by atoms with van der Waals surface area (Å²) < 4.78 is 0. The normalized spacial score (nSPS) is 18.7. The smallest absolute Gasteiger partial charge is 0.335 e. The van der Waals surface area contributed by atoms with E-state index >= 15 is 0 Å². The SMILES string of the molecule is O=C(O)c1cc(Cl)nc(N2CC(C(=O)O)CC2=O)c1. The Morgan fingerprint density at radius 1 is 1.37 bits per heavy atom. The highest BCUT2D eigenvalue weighted by Gasteiger charge is 2.36. The van der Waals surface area contributed by atoms with Crippen LogP contribution in [0.2, 0.25) is 5.15 Å². The van der Waals surface area contributed by atoms with E-state index in [0.717, 1.165) is 11.0 Å². The van der Waals surface area contributed by atoms with E-state index in [9.17, 15) is 14.4 Å². The number of hydrogen-bond acceptors (Lipinski definition) is 4. The van der Waals surface area contributed by atoms with Gasteiger partial charge in [-0.2, -0.15) is 0 Å². The van der Waals surface area contributed by atoms with Gasteiger partial charge in [0.25, 0.3) is 0 Å². The number of aromatic carboxylic acids is 1. The number of hydrogen-bond donors (Lipinski definition) is 2. The van der Waals surface area contributed by atoms with Gasteiger partial charge in [0.15, 0.2) is 0 Å². The van der Waals surface area contributed by atoms with Crippen LogP contribution in [0.4, 0.5) is 5.82 Å². The van der Waals surface area contributed by atoms with E-state index in [2.05, 4.69) is 4.98 Å². The van der Waals surface area contributed by atoms with Gasteiger partial charge in [-0.3, -0.25) is 14.5 Å². The van der Waals surface area contributed by atoms with Gasteiger partial charge >= 0.3 is 11.9 Å². The number of aromatic nitrogens is 1. The summed E-state index contributed by atoms with van der Waals surface area (Å²) in [7, 11) is 0. The number of pyridine rings is 1. The molecular weight excluding hydrogens is 276 g/mol. The monoisotopic (exact) mass is 284 g/mol. The molecule has 19 heavy (non-hydrogen) atoms. The Morgan fingerprint density at radius 3 is 2.58 bits per heavy atom. The molecule has 1 aliphatic rings. The number of carbonyl (C=O) groups is 3. The summed E-state index contributed by atoms with van der Waals surface area (Å²) in [5.41, 5.74) is -0.110. The molecule has 0 aliphatic carbocycles. The van der Waals surface area contributed by atoms with Crippen molar-refractivity contribution in [3.63, 3.8) is 0 Å². The van der Waals surface area contributed by atoms with Crippen LogP contribution in [-0.2, 0) is 9.59 Å². The van der Waals surface area contributed by atoms with Crippen LogP contribution >= 0.6 is 11.6 Å². The van der Waals surface area contributed by atoms with Crippen LogP contribution in [0, 0.1) is 5.92 Å². The second kappa shape index (κ2) is 4.85. The highest BCUT2D eigenvalue weighted by Crippen LogP contribution is 2.26. The molecule has 0 saturated carbocycles. The maximum atomic E-state index is 11.7. The quantitative estimate of drug-likeness (QED) is 0.797. The number of rotatable bonds is 3. The molecule has 1 aromatic rings. The van der Waals surface area contributed by atoms with Crippen molar-refractivity contribution in [1.82, 2.24) is 4.98 Å². The highest BCUT2D eigenvalue weighted by atomic mass is 35.5. The van der Waals surface area contributed by atoms with Crippen molar-refractivity contribution in [1.29, 1.82) is 0 Å². The molecule has 7 nitrogen and oxygen atoms in total. The Hall–Kier alpha value is -2.15. The molecule has 1 atom stereocenters. The van der Waals surface area contributed by atoms with E-state index in [0.29, 0.717) is 0 Å². The number of aliphatic carboxylic acids is 1. The Balaban J connectivity index is 2.34. The molecule has 100 valence electrons. The van der Waals surface area contributed by atoms with Gasteiger partial charge in [-0.15, -0.1) is 0 Å². The Bertz CT molecular complexity index is 574. The lowest BCUT2D eigenvalue weighted by Crippen LogP contribution is -2.27. The van der Waals surface area contributed by atoms with Gasteiger partial charge in [-0.1, -0.05) is 11.6 Å². The number of anilines is 1. The van der Waals surface area contributed by atoms with Crippen molar-refractivity contribution in [2.45, 2.75) is 6.42 Å². The Morgan fingerprint density at radius 2 is 2.05 bits per heavy atom. The second-order valence-corrected chi connectivity index (χ2v) is 4.47. The molecule has 0 aromatic carbocycles.